The van der Waals surface area contributed by atoms with Crippen molar-refractivity contribution in [3.63, 3.8) is 0 Å². The van der Waals surface area contributed by atoms with Gasteiger partial charge in [-0.05, 0) is 11.4 Å². The van der Waals surface area contributed by atoms with Crippen LogP contribution in [0.2, 0.25) is 0 Å². The molecule has 6 heteroatoms. The molecule has 0 aliphatic carbocycles. The minimum Gasteiger partial charge on any atom is -0.323 e. The van der Waals surface area contributed by atoms with E-state index in [2.05, 4.69) is 10.4 Å². The van der Waals surface area contributed by atoms with Crippen LogP contribution in [0.15, 0.2) is 29.9 Å². The fraction of sp³-hybridized carbons (Fsp3) is 0.250. The van der Waals surface area contributed by atoms with Gasteiger partial charge >= 0.3 is 0 Å². The lowest BCUT2D eigenvalue weighted by molar-refractivity contribution is -0.116. The molecule has 0 aliphatic rings. The average molecular weight is 263 g/mol. The Bertz CT molecular complexity index is 545. The molecule has 94 valence electrons. The number of aromatic nitrogens is 2. The molecule has 18 heavy (non-hydrogen) atoms. The first kappa shape index (κ1) is 12.5. The average Bonchev–Trinajstić information content (AvgIpc) is 2.97. The zero-order valence-corrected chi connectivity index (χ0v) is 10.7. The molecule has 0 aromatic carbocycles. The summed E-state index contributed by atoms with van der Waals surface area (Å²) in [5.41, 5.74) is 0.645. The number of hydrogen-bond acceptors (Lipinski definition) is 4. The fourth-order valence-corrected chi connectivity index (χ4v) is 2.19. The van der Waals surface area contributed by atoms with Gasteiger partial charge < -0.3 is 5.32 Å². The third kappa shape index (κ3) is 3.27. The first-order valence-corrected chi connectivity index (χ1v) is 6.38. The highest BCUT2D eigenvalue weighted by Crippen LogP contribution is 2.13. The Balaban J connectivity index is 1.80. The van der Waals surface area contributed by atoms with Crippen LogP contribution < -0.4 is 5.32 Å². The Morgan fingerprint density at radius 3 is 2.89 bits per heavy atom. The SMILES string of the molecule is Cn1cc(NC(=O)CCC(=O)c2cccs2)cn1. The van der Waals surface area contributed by atoms with Crippen LogP contribution in [0.5, 0.6) is 0 Å². The van der Waals surface area contributed by atoms with Gasteiger partial charge in [0.15, 0.2) is 5.78 Å². The number of aryl methyl sites for hydroxylation is 1. The van der Waals surface area contributed by atoms with Crippen LogP contribution in [0.1, 0.15) is 22.5 Å². The van der Waals surface area contributed by atoms with Gasteiger partial charge in [0, 0.05) is 26.1 Å². The van der Waals surface area contributed by atoms with E-state index in [1.165, 1.54) is 11.3 Å². The van der Waals surface area contributed by atoms with Crippen molar-refractivity contribution in [1.29, 1.82) is 0 Å². The van der Waals surface area contributed by atoms with Crippen molar-refractivity contribution in [2.24, 2.45) is 7.05 Å². The first-order valence-electron chi connectivity index (χ1n) is 5.50. The lowest BCUT2D eigenvalue weighted by Gasteiger charge is -2.01. The molecule has 0 aliphatic heterocycles. The Hall–Kier alpha value is -1.95. The largest absolute Gasteiger partial charge is 0.323 e. The molecule has 0 unspecified atom stereocenters. The topological polar surface area (TPSA) is 64.0 Å². The van der Waals surface area contributed by atoms with Gasteiger partial charge in [0.1, 0.15) is 0 Å². The van der Waals surface area contributed by atoms with Crippen molar-refractivity contribution < 1.29 is 9.59 Å². The van der Waals surface area contributed by atoms with Crippen molar-refractivity contribution in [2.45, 2.75) is 12.8 Å². The molecule has 0 fully saturated rings. The number of nitrogens with zero attached hydrogens (tertiary/aromatic N) is 2. The Kier molecular flexibility index (Phi) is 3.88. The Labute approximate surface area is 108 Å². The van der Waals surface area contributed by atoms with Crippen molar-refractivity contribution >= 4 is 28.7 Å². The molecular formula is C12H13N3O2S. The summed E-state index contributed by atoms with van der Waals surface area (Å²) in [5.74, 6) is -0.167. The van der Waals surface area contributed by atoms with Crippen LogP contribution in [-0.2, 0) is 11.8 Å². The summed E-state index contributed by atoms with van der Waals surface area (Å²) in [5, 5.41) is 8.48. The Morgan fingerprint density at radius 2 is 2.28 bits per heavy atom. The quantitative estimate of drug-likeness (QED) is 0.840. The maximum absolute atomic E-state index is 11.7. The number of nitrogens with one attached hydrogen (secondary N) is 1. The highest BCUT2D eigenvalue weighted by atomic mass is 32.1. The van der Waals surface area contributed by atoms with Gasteiger partial charge in [-0.25, -0.2) is 0 Å². The van der Waals surface area contributed by atoms with Crippen LogP contribution in [0.25, 0.3) is 0 Å². The summed E-state index contributed by atoms with van der Waals surface area (Å²) in [6, 6.07) is 3.60. The van der Waals surface area contributed by atoms with E-state index in [0.717, 1.165) is 0 Å². The molecule has 0 saturated carbocycles. The van der Waals surface area contributed by atoms with E-state index >= 15 is 0 Å². The first-order chi connectivity index (χ1) is 8.65. The molecule has 1 N–H and O–H groups in total. The molecule has 5 nitrogen and oxygen atoms in total. The van der Waals surface area contributed by atoms with Crippen molar-refractivity contribution in [2.75, 3.05) is 5.32 Å². The number of thiophene rings is 1. The summed E-state index contributed by atoms with van der Waals surface area (Å²) in [6.07, 6.45) is 3.69. The van der Waals surface area contributed by atoms with Crippen molar-refractivity contribution in [3.8, 4) is 0 Å². The molecule has 0 radical (unpaired) electrons. The van der Waals surface area contributed by atoms with Gasteiger partial charge in [0.25, 0.3) is 0 Å². The summed E-state index contributed by atoms with van der Waals surface area (Å²) in [6.45, 7) is 0. The van der Waals surface area contributed by atoms with Crippen LogP contribution in [0, 0.1) is 0 Å². The van der Waals surface area contributed by atoms with Crippen LogP contribution in [0.3, 0.4) is 0 Å². The molecule has 2 aromatic rings. The smallest absolute Gasteiger partial charge is 0.224 e. The van der Waals surface area contributed by atoms with Crippen molar-refractivity contribution in [3.05, 3.63) is 34.8 Å². The van der Waals surface area contributed by atoms with E-state index in [1.807, 2.05) is 11.4 Å². The zero-order chi connectivity index (χ0) is 13.0. The lowest BCUT2D eigenvalue weighted by atomic mass is 10.2. The summed E-state index contributed by atoms with van der Waals surface area (Å²) < 4.78 is 1.60. The molecule has 2 rings (SSSR count). The maximum atomic E-state index is 11.7. The second kappa shape index (κ2) is 5.59. The zero-order valence-electron chi connectivity index (χ0n) is 9.92. The Morgan fingerprint density at radius 1 is 1.44 bits per heavy atom. The van der Waals surface area contributed by atoms with E-state index in [4.69, 9.17) is 0 Å². The predicted molar refractivity (Wildman–Crippen MR) is 69.7 cm³/mol. The lowest BCUT2D eigenvalue weighted by Crippen LogP contribution is -2.12. The van der Waals surface area contributed by atoms with Crippen LogP contribution in [0.4, 0.5) is 5.69 Å². The fourth-order valence-electron chi connectivity index (χ4n) is 1.50. The number of ketones is 1. The van der Waals surface area contributed by atoms with Gasteiger partial charge in [-0.15, -0.1) is 11.3 Å². The van der Waals surface area contributed by atoms with Gasteiger partial charge in [-0.3, -0.25) is 14.3 Å². The standard InChI is InChI=1S/C12H13N3O2S/c1-15-8-9(7-13-15)14-12(17)5-4-10(16)11-3-2-6-18-11/h2-3,6-8H,4-5H2,1H3,(H,14,17). The third-order valence-corrected chi connectivity index (χ3v) is 3.27. The number of rotatable bonds is 5. The van der Waals surface area contributed by atoms with Crippen molar-refractivity contribution in [1.82, 2.24) is 9.78 Å². The summed E-state index contributed by atoms with van der Waals surface area (Å²) >= 11 is 1.40. The molecule has 0 bridgehead atoms. The predicted octanol–water partition coefficient (Wildman–Crippen LogP) is 2.08. The van der Waals surface area contributed by atoms with E-state index < -0.39 is 0 Å². The number of anilines is 1. The number of carbonyl (C=O) groups excluding carboxylic acids is 2. The summed E-state index contributed by atoms with van der Waals surface area (Å²) in [7, 11) is 1.77. The molecule has 0 spiro atoms. The second-order valence-corrected chi connectivity index (χ2v) is 4.80. The minimum absolute atomic E-state index is 0.00587. The number of Topliss-reactive ketones (excluding diaryl/α,β-unsaturated/α-hetero) is 1. The van der Waals surface area contributed by atoms with E-state index in [0.29, 0.717) is 10.6 Å². The second-order valence-electron chi connectivity index (χ2n) is 3.85. The van der Waals surface area contributed by atoms with E-state index in [9.17, 15) is 9.59 Å². The molecule has 1 amide bonds. The van der Waals surface area contributed by atoms with Gasteiger partial charge in [-0.2, -0.15) is 5.10 Å². The molecule has 2 heterocycles. The minimum atomic E-state index is -0.173. The molecule has 2 aromatic heterocycles. The van der Waals surface area contributed by atoms with Crippen LogP contribution in [-0.4, -0.2) is 21.5 Å². The number of amides is 1. The summed E-state index contributed by atoms with van der Waals surface area (Å²) in [4.78, 5) is 24.0. The number of carbonyl (C=O) groups is 2. The molecule has 0 saturated heterocycles. The monoisotopic (exact) mass is 263 g/mol. The normalized spacial score (nSPS) is 10.3. The highest BCUT2D eigenvalue weighted by molar-refractivity contribution is 7.12. The van der Waals surface area contributed by atoms with Gasteiger partial charge in [-0.1, -0.05) is 6.07 Å². The van der Waals surface area contributed by atoms with E-state index in [-0.39, 0.29) is 24.5 Å². The van der Waals surface area contributed by atoms with Gasteiger partial charge in [0.2, 0.25) is 5.91 Å². The molecule has 0 atom stereocenters. The highest BCUT2D eigenvalue weighted by Gasteiger charge is 2.10. The number of hydrogen-bond donors (Lipinski definition) is 1. The molecular weight excluding hydrogens is 250 g/mol. The third-order valence-electron chi connectivity index (χ3n) is 2.36. The van der Waals surface area contributed by atoms with Crippen LogP contribution >= 0.6 is 11.3 Å². The van der Waals surface area contributed by atoms with E-state index in [1.54, 1.807) is 30.2 Å². The van der Waals surface area contributed by atoms with Gasteiger partial charge in [0.05, 0.1) is 16.8 Å². The maximum Gasteiger partial charge on any atom is 0.224 e.